The van der Waals surface area contributed by atoms with Gasteiger partial charge in [-0.05, 0) is 40.4 Å². The fourth-order valence-corrected chi connectivity index (χ4v) is 2.82. The molecule has 2 nitrogen and oxygen atoms in total. The van der Waals surface area contributed by atoms with Gasteiger partial charge in [-0.3, -0.25) is 0 Å². The van der Waals surface area contributed by atoms with Crippen LogP contribution >= 0.6 is 15.9 Å². The molecule has 0 amide bonds. The van der Waals surface area contributed by atoms with E-state index >= 15 is 0 Å². The van der Waals surface area contributed by atoms with Gasteiger partial charge in [0.05, 0.1) is 5.52 Å². The first-order valence-corrected chi connectivity index (χ1v) is 6.82. The Morgan fingerprint density at radius 2 is 2.18 bits per heavy atom. The third kappa shape index (κ3) is 2.55. The summed E-state index contributed by atoms with van der Waals surface area (Å²) in [6, 6.07) is 6.41. The Bertz CT molecular complexity index is 504. The molecular formula is C14H18BrNO. The zero-order valence-electron chi connectivity index (χ0n) is 10.4. The molecule has 0 radical (unpaired) electrons. The summed E-state index contributed by atoms with van der Waals surface area (Å²) < 4.78 is 8.62. The van der Waals surface area contributed by atoms with Gasteiger partial charge < -0.3 is 9.30 Å². The van der Waals surface area contributed by atoms with Crippen molar-refractivity contribution in [2.45, 2.75) is 26.3 Å². The number of fused-ring (bicyclic) bond motifs is 1. The summed E-state index contributed by atoms with van der Waals surface area (Å²) in [4.78, 5) is 0. The van der Waals surface area contributed by atoms with Crippen molar-refractivity contribution in [3.05, 3.63) is 34.4 Å². The lowest BCUT2D eigenvalue weighted by Gasteiger charge is -2.06. The Balaban J connectivity index is 2.40. The normalized spacial score (nSPS) is 11.2. The van der Waals surface area contributed by atoms with Gasteiger partial charge in [-0.1, -0.05) is 19.1 Å². The molecule has 2 rings (SSSR count). The number of hydrogen-bond donors (Lipinski definition) is 0. The van der Waals surface area contributed by atoms with Gasteiger partial charge in [-0.2, -0.15) is 0 Å². The molecule has 1 aromatic carbocycles. The molecule has 0 aliphatic rings. The van der Waals surface area contributed by atoms with Crippen molar-refractivity contribution in [1.82, 2.24) is 4.57 Å². The maximum atomic E-state index is 5.11. The molecule has 0 spiro atoms. The van der Waals surface area contributed by atoms with Crippen LogP contribution in [0.3, 0.4) is 0 Å². The van der Waals surface area contributed by atoms with Crippen molar-refractivity contribution >= 4 is 26.8 Å². The standard InChI is InChI=1S/C14H18BrNO/c1-3-11-10-16(8-5-9-17-2)14-12(11)6-4-7-13(14)15/h4,6-7,10H,3,5,8-9H2,1-2H3. The van der Waals surface area contributed by atoms with Crippen LogP contribution in [0.15, 0.2) is 28.9 Å². The Morgan fingerprint density at radius 3 is 2.88 bits per heavy atom. The molecule has 92 valence electrons. The van der Waals surface area contributed by atoms with E-state index in [4.69, 9.17) is 4.74 Å². The van der Waals surface area contributed by atoms with E-state index in [1.165, 1.54) is 20.9 Å². The van der Waals surface area contributed by atoms with Crippen molar-refractivity contribution in [2.24, 2.45) is 0 Å². The van der Waals surface area contributed by atoms with Crippen LogP contribution in [0.2, 0.25) is 0 Å². The minimum atomic E-state index is 0.811. The molecule has 0 N–H and O–H groups in total. The Hall–Kier alpha value is -0.800. The minimum absolute atomic E-state index is 0.811. The van der Waals surface area contributed by atoms with E-state index in [1.807, 2.05) is 0 Å². The molecule has 0 saturated carbocycles. The third-order valence-electron chi connectivity index (χ3n) is 3.06. The average Bonchev–Trinajstić information content (AvgIpc) is 2.69. The predicted molar refractivity (Wildman–Crippen MR) is 75.5 cm³/mol. The largest absolute Gasteiger partial charge is 0.385 e. The van der Waals surface area contributed by atoms with E-state index < -0.39 is 0 Å². The van der Waals surface area contributed by atoms with Crippen LogP contribution in [0.1, 0.15) is 18.9 Å². The van der Waals surface area contributed by atoms with E-state index in [0.717, 1.165) is 26.0 Å². The number of rotatable bonds is 5. The van der Waals surface area contributed by atoms with Crippen molar-refractivity contribution in [3.63, 3.8) is 0 Å². The summed E-state index contributed by atoms with van der Waals surface area (Å²) in [5.41, 5.74) is 2.72. The maximum absolute atomic E-state index is 5.11. The molecule has 0 bridgehead atoms. The molecule has 0 unspecified atom stereocenters. The average molecular weight is 296 g/mol. The first-order chi connectivity index (χ1) is 8.27. The zero-order chi connectivity index (χ0) is 12.3. The van der Waals surface area contributed by atoms with Crippen LogP contribution < -0.4 is 0 Å². The summed E-state index contributed by atoms with van der Waals surface area (Å²) in [6.45, 7) is 4.02. The smallest absolute Gasteiger partial charge is 0.0627 e. The van der Waals surface area contributed by atoms with Crippen LogP contribution in [0, 0.1) is 0 Å². The molecule has 0 aliphatic heterocycles. The first-order valence-electron chi connectivity index (χ1n) is 6.03. The van der Waals surface area contributed by atoms with Crippen LogP contribution in [-0.4, -0.2) is 18.3 Å². The third-order valence-corrected chi connectivity index (χ3v) is 3.70. The Labute approximate surface area is 111 Å². The summed E-state index contributed by atoms with van der Waals surface area (Å²) in [5, 5.41) is 1.36. The van der Waals surface area contributed by atoms with Gasteiger partial charge in [0.25, 0.3) is 0 Å². The molecule has 0 saturated heterocycles. The Morgan fingerprint density at radius 1 is 1.35 bits per heavy atom. The van der Waals surface area contributed by atoms with Gasteiger partial charge in [0, 0.05) is 36.3 Å². The minimum Gasteiger partial charge on any atom is -0.385 e. The highest BCUT2D eigenvalue weighted by molar-refractivity contribution is 9.10. The molecule has 0 aliphatic carbocycles. The summed E-state index contributed by atoms with van der Waals surface area (Å²) in [7, 11) is 1.75. The highest BCUT2D eigenvalue weighted by atomic mass is 79.9. The number of nitrogens with zero attached hydrogens (tertiary/aromatic N) is 1. The maximum Gasteiger partial charge on any atom is 0.0627 e. The van der Waals surface area contributed by atoms with Gasteiger partial charge in [0.2, 0.25) is 0 Å². The SMILES string of the molecule is CCc1cn(CCCOC)c2c(Br)cccc12. The lowest BCUT2D eigenvalue weighted by molar-refractivity contribution is 0.190. The fourth-order valence-electron chi connectivity index (χ4n) is 2.23. The molecule has 0 fully saturated rings. The molecular weight excluding hydrogens is 278 g/mol. The molecule has 1 aromatic heterocycles. The van der Waals surface area contributed by atoms with Gasteiger partial charge in [-0.15, -0.1) is 0 Å². The number of benzene rings is 1. The molecule has 3 heteroatoms. The summed E-state index contributed by atoms with van der Waals surface area (Å²) >= 11 is 3.65. The number of aryl methyl sites for hydroxylation is 2. The van der Waals surface area contributed by atoms with E-state index in [-0.39, 0.29) is 0 Å². The monoisotopic (exact) mass is 295 g/mol. The fraction of sp³-hybridized carbons (Fsp3) is 0.429. The predicted octanol–water partition coefficient (Wildman–Crippen LogP) is 4.00. The highest BCUT2D eigenvalue weighted by Gasteiger charge is 2.09. The quantitative estimate of drug-likeness (QED) is 0.761. The van der Waals surface area contributed by atoms with Crippen LogP contribution in [0.5, 0.6) is 0 Å². The number of ether oxygens (including phenoxy) is 1. The number of methoxy groups -OCH3 is 1. The first kappa shape index (κ1) is 12.7. The van der Waals surface area contributed by atoms with Gasteiger partial charge in [0.1, 0.15) is 0 Å². The highest BCUT2D eigenvalue weighted by Crippen LogP contribution is 2.28. The van der Waals surface area contributed by atoms with E-state index in [1.54, 1.807) is 7.11 Å². The van der Waals surface area contributed by atoms with Gasteiger partial charge in [0.15, 0.2) is 0 Å². The number of hydrogen-bond acceptors (Lipinski definition) is 1. The van der Waals surface area contributed by atoms with E-state index in [2.05, 4.69) is 51.8 Å². The lowest BCUT2D eigenvalue weighted by atomic mass is 10.1. The van der Waals surface area contributed by atoms with Crippen molar-refractivity contribution < 1.29 is 4.74 Å². The lowest BCUT2D eigenvalue weighted by Crippen LogP contribution is -2.00. The second-order valence-electron chi connectivity index (χ2n) is 4.18. The molecule has 2 aromatic rings. The molecule has 1 heterocycles. The van der Waals surface area contributed by atoms with Crippen LogP contribution in [0.25, 0.3) is 10.9 Å². The topological polar surface area (TPSA) is 14.2 Å². The second-order valence-corrected chi connectivity index (χ2v) is 5.04. The molecule has 17 heavy (non-hydrogen) atoms. The Kier molecular flexibility index (Phi) is 4.24. The summed E-state index contributed by atoms with van der Waals surface area (Å²) in [6.07, 6.45) is 4.39. The second kappa shape index (κ2) is 5.69. The van der Waals surface area contributed by atoms with Crippen molar-refractivity contribution in [3.8, 4) is 0 Å². The van der Waals surface area contributed by atoms with E-state index in [9.17, 15) is 0 Å². The number of halogens is 1. The van der Waals surface area contributed by atoms with Crippen molar-refractivity contribution in [2.75, 3.05) is 13.7 Å². The van der Waals surface area contributed by atoms with Crippen LogP contribution in [0.4, 0.5) is 0 Å². The number of para-hydroxylation sites is 1. The molecule has 0 atom stereocenters. The van der Waals surface area contributed by atoms with Gasteiger partial charge in [-0.25, -0.2) is 0 Å². The van der Waals surface area contributed by atoms with Crippen LogP contribution in [-0.2, 0) is 17.7 Å². The van der Waals surface area contributed by atoms with E-state index in [0.29, 0.717) is 0 Å². The van der Waals surface area contributed by atoms with Gasteiger partial charge >= 0.3 is 0 Å². The summed E-state index contributed by atoms with van der Waals surface area (Å²) in [5.74, 6) is 0. The zero-order valence-corrected chi connectivity index (χ0v) is 12.0. The number of aromatic nitrogens is 1. The van der Waals surface area contributed by atoms with Crippen molar-refractivity contribution in [1.29, 1.82) is 0 Å².